The van der Waals surface area contributed by atoms with E-state index in [1.54, 1.807) is 13.0 Å². The molecule has 0 aromatic heterocycles. The third-order valence-electron chi connectivity index (χ3n) is 8.79. The third kappa shape index (κ3) is 10.3. The van der Waals surface area contributed by atoms with Gasteiger partial charge in [-0.25, -0.2) is 9.18 Å². The van der Waals surface area contributed by atoms with Crippen molar-refractivity contribution in [2.24, 2.45) is 5.92 Å². The van der Waals surface area contributed by atoms with Crippen molar-refractivity contribution in [1.29, 1.82) is 0 Å². The van der Waals surface area contributed by atoms with Crippen LogP contribution in [-0.2, 0) is 20.7 Å². The summed E-state index contributed by atoms with van der Waals surface area (Å²) in [4.78, 5) is 12.0. The number of carbonyl (C=O) groups excluding carboxylic acids is 1. The number of aliphatic hydroxyl groups excluding tert-OH is 1. The molecule has 1 N–H and O–H groups in total. The maximum atomic E-state index is 15.7. The van der Waals surface area contributed by atoms with Gasteiger partial charge >= 0.3 is 5.97 Å². The van der Waals surface area contributed by atoms with Gasteiger partial charge in [0.15, 0.2) is 0 Å². The van der Waals surface area contributed by atoms with Gasteiger partial charge in [-0.2, -0.15) is 0 Å². The molecular formula is C39H49FO5. The lowest BCUT2D eigenvalue weighted by Crippen LogP contribution is -2.13. The average Bonchev–Trinajstić information content (AvgIpc) is 3.05. The molecule has 6 heteroatoms. The SMILES string of the molecule is C=C(C)C(=O)OCCc1cc(-c2ccc(C3CCC(CCCCC)CC3)cc2F)ccc1-c1ccc(OCCOCCO)cc1. The molecule has 0 unspecified atom stereocenters. The predicted molar refractivity (Wildman–Crippen MR) is 179 cm³/mol. The van der Waals surface area contributed by atoms with E-state index in [0.717, 1.165) is 46.6 Å². The molecule has 1 fully saturated rings. The molecule has 0 saturated heterocycles. The van der Waals surface area contributed by atoms with E-state index in [4.69, 9.17) is 19.3 Å². The Balaban J connectivity index is 1.49. The van der Waals surface area contributed by atoms with Crippen LogP contribution in [0, 0.1) is 11.7 Å². The summed E-state index contributed by atoms with van der Waals surface area (Å²) in [5.41, 5.74) is 5.75. The average molecular weight is 617 g/mol. The summed E-state index contributed by atoms with van der Waals surface area (Å²) >= 11 is 0. The van der Waals surface area contributed by atoms with Crippen molar-refractivity contribution >= 4 is 5.97 Å². The topological polar surface area (TPSA) is 65.0 Å². The fourth-order valence-corrected chi connectivity index (χ4v) is 6.23. The lowest BCUT2D eigenvalue weighted by Gasteiger charge is -2.29. The number of benzene rings is 3. The molecule has 5 nitrogen and oxygen atoms in total. The molecule has 0 bridgehead atoms. The Hall–Kier alpha value is -3.48. The van der Waals surface area contributed by atoms with Crippen LogP contribution < -0.4 is 4.74 Å². The zero-order valence-corrected chi connectivity index (χ0v) is 27.0. The monoisotopic (exact) mass is 616 g/mol. The third-order valence-corrected chi connectivity index (χ3v) is 8.79. The Labute approximate surface area is 268 Å². The van der Waals surface area contributed by atoms with Gasteiger partial charge in [0.2, 0.25) is 0 Å². The molecule has 0 heterocycles. The van der Waals surface area contributed by atoms with Gasteiger partial charge in [0.05, 0.1) is 26.4 Å². The molecule has 0 atom stereocenters. The Bertz CT molecular complexity index is 1370. The molecule has 0 radical (unpaired) electrons. The Morgan fingerprint density at radius 3 is 2.31 bits per heavy atom. The maximum Gasteiger partial charge on any atom is 0.333 e. The van der Waals surface area contributed by atoms with E-state index in [1.165, 1.54) is 38.5 Å². The molecule has 1 saturated carbocycles. The number of ether oxygens (including phenoxy) is 3. The number of unbranched alkanes of at least 4 members (excludes halogenated alkanes) is 2. The summed E-state index contributed by atoms with van der Waals surface area (Å²) in [7, 11) is 0. The van der Waals surface area contributed by atoms with Crippen molar-refractivity contribution in [2.45, 2.75) is 77.6 Å². The quantitative estimate of drug-likeness (QED) is 0.0931. The molecule has 3 aromatic carbocycles. The summed E-state index contributed by atoms with van der Waals surface area (Å²) in [5, 5.41) is 8.83. The first-order valence-electron chi connectivity index (χ1n) is 16.6. The van der Waals surface area contributed by atoms with Crippen LogP contribution in [0.2, 0.25) is 0 Å². The number of aliphatic hydroxyl groups is 1. The van der Waals surface area contributed by atoms with Crippen LogP contribution in [-0.4, -0.2) is 44.1 Å². The zero-order valence-electron chi connectivity index (χ0n) is 27.0. The Kier molecular flexibility index (Phi) is 13.7. The highest BCUT2D eigenvalue weighted by Gasteiger charge is 2.23. The van der Waals surface area contributed by atoms with E-state index < -0.39 is 5.97 Å². The number of esters is 1. The van der Waals surface area contributed by atoms with Crippen LogP contribution in [0.5, 0.6) is 5.75 Å². The summed E-state index contributed by atoms with van der Waals surface area (Å²) in [6, 6.07) is 19.5. The largest absolute Gasteiger partial charge is 0.491 e. The number of rotatable bonds is 17. The van der Waals surface area contributed by atoms with Gasteiger partial charge in [-0.05, 0) is 90.5 Å². The van der Waals surface area contributed by atoms with Crippen LogP contribution in [0.15, 0.2) is 72.8 Å². The first-order valence-corrected chi connectivity index (χ1v) is 16.6. The standard InChI is InChI=1S/C39H49FO5/c1-4-5-6-7-29-8-10-30(11-9-29)32-14-19-37(38(40)27-32)33-15-18-36(34(26-33)20-22-45-39(42)28(2)3)31-12-16-35(17-13-31)44-25-24-43-23-21-41/h12-19,26-27,29-30,41H,2,4-11,20-25H2,1,3H3. The number of hydrogen-bond donors (Lipinski definition) is 1. The van der Waals surface area contributed by atoms with Gasteiger partial charge in [0, 0.05) is 17.6 Å². The highest BCUT2D eigenvalue weighted by molar-refractivity contribution is 5.87. The number of halogens is 1. The Morgan fingerprint density at radius 2 is 1.62 bits per heavy atom. The zero-order chi connectivity index (χ0) is 32.0. The number of hydrogen-bond acceptors (Lipinski definition) is 5. The van der Waals surface area contributed by atoms with E-state index in [2.05, 4.69) is 19.6 Å². The van der Waals surface area contributed by atoms with Crippen LogP contribution in [0.3, 0.4) is 0 Å². The van der Waals surface area contributed by atoms with Crippen molar-refractivity contribution < 1.29 is 28.5 Å². The van der Waals surface area contributed by atoms with Crippen molar-refractivity contribution in [1.82, 2.24) is 0 Å². The van der Waals surface area contributed by atoms with Gasteiger partial charge in [-0.1, -0.05) is 81.7 Å². The predicted octanol–water partition coefficient (Wildman–Crippen LogP) is 9.06. The van der Waals surface area contributed by atoms with Crippen molar-refractivity contribution in [3.05, 3.63) is 89.8 Å². The molecule has 0 aliphatic heterocycles. The van der Waals surface area contributed by atoms with Crippen LogP contribution in [0.25, 0.3) is 22.3 Å². The van der Waals surface area contributed by atoms with Gasteiger partial charge in [-0.3, -0.25) is 0 Å². The molecule has 45 heavy (non-hydrogen) atoms. The van der Waals surface area contributed by atoms with Crippen LogP contribution in [0.1, 0.15) is 82.3 Å². The van der Waals surface area contributed by atoms with Gasteiger partial charge in [0.1, 0.15) is 18.2 Å². The Morgan fingerprint density at radius 1 is 0.889 bits per heavy atom. The first kappa shape index (κ1) is 34.4. The van der Waals surface area contributed by atoms with Crippen molar-refractivity contribution in [2.75, 3.05) is 33.0 Å². The number of carbonyl (C=O) groups is 1. The minimum Gasteiger partial charge on any atom is -0.491 e. The summed E-state index contributed by atoms with van der Waals surface area (Å²) in [6.07, 6.45) is 10.5. The molecule has 1 aliphatic rings. The molecule has 4 rings (SSSR count). The molecule has 3 aromatic rings. The highest BCUT2D eigenvalue weighted by Crippen LogP contribution is 2.39. The molecule has 0 amide bonds. The summed E-state index contributed by atoms with van der Waals surface area (Å²) in [5.74, 6) is 1.34. The minimum absolute atomic E-state index is 0.0136. The van der Waals surface area contributed by atoms with E-state index in [0.29, 0.717) is 42.4 Å². The van der Waals surface area contributed by atoms with Crippen molar-refractivity contribution in [3.8, 4) is 28.0 Å². The second-order valence-electron chi connectivity index (χ2n) is 12.2. The second kappa shape index (κ2) is 17.9. The van der Waals surface area contributed by atoms with E-state index in [1.807, 2.05) is 48.5 Å². The van der Waals surface area contributed by atoms with Crippen LogP contribution >= 0.6 is 0 Å². The lowest BCUT2D eigenvalue weighted by molar-refractivity contribution is -0.138. The van der Waals surface area contributed by atoms with E-state index in [-0.39, 0.29) is 25.6 Å². The normalized spacial score (nSPS) is 16.4. The first-order chi connectivity index (χ1) is 21.9. The molecule has 242 valence electrons. The van der Waals surface area contributed by atoms with Gasteiger partial charge in [-0.15, -0.1) is 0 Å². The minimum atomic E-state index is -0.422. The summed E-state index contributed by atoms with van der Waals surface area (Å²) < 4.78 is 32.1. The molecule has 0 spiro atoms. The highest BCUT2D eigenvalue weighted by atomic mass is 19.1. The lowest BCUT2D eigenvalue weighted by atomic mass is 9.77. The van der Waals surface area contributed by atoms with Gasteiger partial charge < -0.3 is 19.3 Å². The van der Waals surface area contributed by atoms with E-state index >= 15 is 4.39 Å². The van der Waals surface area contributed by atoms with E-state index in [9.17, 15) is 4.79 Å². The molecular weight excluding hydrogens is 567 g/mol. The second-order valence-corrected chi connectivity index (χ2v) is 12.2. The van der Waals surface area contributed by atoms with Crippen molar-refractivity contribution in [3.63, 3.8) is 0 Å². The van der Waals surface area contributed by atoms with Crippen LogP contribution in [0.4, 0.5) is 4.39 Å². The maximum absolute atomic E-state index is 15.7. The molecule has 1 aliphatic carbocycles. The fraction of sp³-hybridized carbons (Fsp3) is 0.462. The smallest absolute Gasteiger partial charge is 0.333 e. The summed E-state index contributed by atoms with van der Waals surface area (Å²) in [6.45, 7) is 8.80. The van der Waals surface area contributed by atoms with Gasteiger partial charge in [0.25, 0.3) is 0 Å². The fourth-order valence-electron chi connectivity index (χ4n) is 6.23.